The van der Waals surface area contributed by atoms with Crippen LogP contribution in [-0.2, 0) is 6.42 Å². The summed E-state index contributed by atoms with van der Waals surface area (Å²) < 4.78 is 5.41. The van der Waals surface area contributed by atoms with Gasteiger partial charge in [-0.05, 0) is 57.8 Å². The SMILES string of the molecule is CCNC(=NCC(C1CC1)N(C)C)NCCc1ccccc1OC.I. The van der Waals surface area contributed by atoms with E-state index in [1.54, 1.807) is 7.11 Å². The second-order valence-corrected chi connectivity index (χ2v) is 6.58. The lowest BCUT2D eigenvalue weighted by atomic mass is 10.1. The maximum Gasteiger partial charge on any atom is 0.191 e. The van der Waals surface area contributed by atoms with E-state index in [1.165, 1.54) is 18.4 Å². The Morgan fingerprint density at radius 1 is 1.28 bits per heavy atom. The lowest BCUT2D eigenvalue weighted by Gasteiger charge is -2.23. The summed E-state index contributed by atoms with van der Waals surface area (Å²) >= 11 is 0. The smallest absolute Gasteiger partial charge is 0.191 e. The lowest BCUT2D eigenvalue weighted by molar-refractivity contribution is 0.271. The Morgan fingerprint density at radius 2 is 2.00 bits per heavy atom. The molecule has 0 heterocycles. The number of nitrogens with zero attached hydrogens (tertiary/aromatic N) is 2. The van der Waals surface area contributed by atoms with Crippen molar-refractivity contribution in [3.63, 3.8) is 0 Å². The third kappa shape index (κ3) is 7.40. The van der Waals surface area contributed by atoms with Crippen molar-refractivity contribution < 1.29 is 4.74 Å². The van der Waals surface area contributed by atoms with Crippen LogP contribution >= 0.6 is 24.0 Å². The molecule has 0 radical (unpaired) electrons. The number of hydrogen-bond acceptors (Lipinski definition) is 3. The normalized spacial score (nSPS) is 15.5. The molecule has 1 aliphatic carbocycles. The Labute approximate surface area is 169 Å². The minimum Gasteiger partial charge on any atom is -0.496 e. The van der Waals surface area contributed by atoms with Crippen LogP contribution in [0.3, 0.4) is 0 Å². The van der Waals surface area contributed by atoms with Crippen molar-refractivity contribution >= 4 is 29.9 Å². The van der Waals surface area contributed by atoms with E-state index in [2.05, 4.69) is 48.7 Å². The zero-order valence-corrected chi connectivity index (χ0v) is 18.2. The second-order valence-electron chi connectivity index (χ2n) is 6.58. The molecule has 6 heteroatoms. The van der Waals surface area contributed by atoms with E-state index in [0.29, 0.717) is 6.04 Å². The number of hydrogen-bond donors (Lipinski definition) is 2. The summed E-state index contributed by atoms with van der Waals surface area (Å²) in [6.07, 6.45) is 3.60. The molecular formula is C19H33IN4O. The van der Waals surface area contributed by atoms with Gasteiger partial charge in [0.1, 0.15) is 5.75 Å². The van der Waals surface area contributed by atoms with E-state index in [9.17, 15) is 0 Å². The molecule has 142 valence electrons. The maximum atomic E-state index is 5.41. The largest absolute Gasteiger partial charge is 0.496 e. The topological polar surface area (TPSA) is 48.9 Å². The summed E-state index contributed by atoms with van der Waals surface area (Å²) in [5, 5.41) is 6.78. The van der Waals surface area contributed by atoms with Crippen molar-refractivity contribution in [1.82, 2.24) is 15.5 Å². The summed E-state index contributed by atoms with van der Waals surface area (Å²) in [5.74, 6) is 2.67. The molecule has 1 fully saturated rings. The highest BCUT2D eigenvalue weighted by Crippen LogP contribution is 2.34. The van der Waals surface area contributed by atoms with E-state index in [0.717, 1.165) is 43.7 Å². The summed E-state index contributed by atoms with van der Waals surface area (Å²) in [6.45, 7) is 4.65. The highest BCUT2D eigenvalue weighted by molar-refractivity contribution is 14.0. The molecule has 0 aliphatic heterocycles. The molecule has 0 saturated heterocycles. The molecule has 0 aromatic heterocycles. The van der Waals surface area contributed by atoms with Gasteiger partial charge in [-0.1, -0.05) is 18.2 Å². The number of likely N-dealkylation sites (N-methyl/N-ethyl adjacent to an activating group) is 1. The molecule has 25 heavy (non-hydrogen) atoms. The number of benzene rings is 1. The monoisotopic (exact) mass is 460 g/mol. The number of halogens is 1. The average Bonchev–Trinajstić information content (AvgIpc) is 3.40. The van der Waals surface area contributed by atoms with Crippen molar-refractivity contribution in [2.24, 2.45) is 10.9 Å². The van der Waals surface area contributed by atoms with Crippen LogP contribution < -0.4 is 15.4 Å². The quantitative estimate of drug-likeness (QED) is 0.338. The zero-order chi connectivity index (χ0) is 17.4. The first-order valence-corrected chi connectivity index (χ1v) is 8.96. The standard InChI is InChI=1S/C19H32N4O.HI/c1-5-20-19(22-14-17(23(2)3)15-10-11-15)21-13-12-16-8-6-7-9-18(16)24-4;/h6-9,15,17H,5,10-14H2,1-4H3,(H2,20,21,22);1H. The van der Waals surface area contributed by atoms with Crippen molar-refractivity contribution in [3.05, 3.63) is 29.8 Å². The van der Waals surface area contributed by atoms with Gasteiger partial charge in [0.2, 0.25) is 0 Å². The zero-order valence-electron chi connectivity index (χ0n) is 15.9. The van der Waals surface area contributed by atoms with Gasteiger partial charge in [0.25, 0.3) is 0 Å². The molecule has 0 amide bonds. The van der Waals surface area contributed by atoms with Gasteiger partial charge >= 0.3 is 0 Å². The third-order valence-electron chi connectivity index (χ3n) is 4.49. The molecule has 2 N–H and O–H groups in total. The average molecular weight is 460 g/mol. The number of ether oxygens (including phenoxy) is 1. The van der Waals surface area contributed by atoms with Crippen molar-refractivity contribution in [2.45, 2.75) is 32.2 Å². The van der Waals surface area contributed by atoms with Gasteiger partial charge in [0.15, 0.2) is 5.96 Å². The Morgan fingerprint density at radius 3 is 2.60 bits per heavy atom. The number of aliphatic imine (C=N–C) groups is 1. The fourth-order valence-electron chi connectivity index (χ4n) is 2.97. The van der Waals surface area contributed by atoms with Crippen LogP contribution in [0.4, 0.5) is 0 Å². The highest BCUT2D eigenvalue weighted by Gasteiger charge is 2.32. The van der Waals surface area contributed by atoms with Gasteiger partial charge in [-0.3, -0.25) is 4.99 Å². The highest BCUT2D eigenvalue weighted by atomic mass is 127. The van der Waals surface area contributed by atoms with E-state index in [4.69, 9.17) is 9.73 Å². The minimum atomic E-state index is 0. The Balaban J connectivity index is 0.00000312. The van der Waals surface area contributed by atoms with Gasteiger partial charge in [-0.25, -0.2) is 0 Å². The Kier molecular flexibility index (Phi) is 10.2. The van der Waals surface area contributed by atoms with Gasteiger partial charge in [-0.15, -0.1) is 24.0 Å². The van der Waals surface area contributed by atoms with Crippen LogP contribution in [0.1, 0.15) is 25.3 Å². The van der Waals surface area contributed by atoms with Gasteiger partial charge in [-0.2, -0.15) is 0 Å². The number of guanidine groups is 1. The Hall–Kier alpha value is -1.02. The molecule has 1 atom stereocenters. The van der Waals surface area contributed by atoms with E-state index >= 15 is 0 Å². The van der Waals surface area contributed by atoms with Crippen LogP contribution in [0.15, 0.2) is 29.3 Å². The first kappa shape index (κ1) is 22.0. The predicted molar refractivity (Wildman–Crippen MR) is 116 cm³/mol. The molecule has 0 bridgehead atoms. The molecule has 1 saturated carbocycles. The number of methoxy groups -OCH3 is 1. The first-order valence-electron chi connectivity index (χ1n) is 8.96. The van der Waals surface area contributed by atoms with E-state index < -0.39 is 0 Å². The molecule has 1 aromatic rings. The summed E-state index contributed by atoms with van der Waals surface area (Å²) in [7, 11) is 6.03. The van der Waals surface area contributed by atoms with Crippen molar-refractivity contribution in [1.29, 1.82) is 0 Å². The molecule has 2 rings (SSSR count). The molecule has 1 aromatic carbocycles. The Bertz CT molecular complexity index is 530. The fourth-order valence-corrected chi connectivity index (χ4v) is 2.97. The second kappa shape index (κ2) is 11.6. The van der Waals surface area contributed by atoms with Crippen LogP contribution in [0.25, 0.3) is 0 Å². The number of nitrogens with one attached hydrogen (secondary N) is 2. The molecule has 1 aliphatic rings. The number of para-hydroxylation sites is 1. The van der Waals surface area contributed by atoms with Crippen LogP contribution in [0.2, 0.25) is 0 Å². The first-order chi connectivity index (χ1) is 11.7. The summed E-state index contributed by atoms with van der Waals surface area (Å²) in [6, 6.07) is 8.72. The lowest BCUT2D eigenvalue weighted by Crippen LogP contribution is -2.40. The third-order valence-corrected chi connectivity index (χ3v) is 4.49. The van der Waals surface area contributed by atoms with Crippen LogP contribution in [0, 0.1) is 5.92 Å². The summed E-state index contributed by atoms with van der Waals surface area (Å²) in [5.41, 5.74) is 1.22. The minimum absolute atomic E-state index is 0. The van der Waals surface area contributed by atoms with E-state index in [1.807, 2.05) is 12.1 Å². The number of rotatable bonds is 9. The maximum absolute atomic E-state index is 5.41. The van der Waals surface area contributed by atoms with Gasteiger partial charge in [0.05, 0.1) is 13.7 Å². The van der Waals surface area contributed by atoms with Crippen LogP contribution in [-0.4, -0.2) is 57.7 Å². The molecule has 1 unspecified atom stereocenters. The van der Waals surface area contributed by atoms with Gasteiger partial charge < -0.3 is 20.3 Å². The molecular weight excluding hydrogens is 427 g/mol. The summed E-state index contributed by atoms with van der Waals surface area (Å²) in [4.78, 5) is 7.10. The van der Waals surface area contributed by atoms with Crippen LogP contribution in [0.5, 0.6) is 5.75 Å². The van der Waals surface area contributed by atoms with E-state index in [-0.39, 0.29) is 24.0 Å². The molecule has 0 spiro atoms. The molecule has 5 nitrogen and oxygen atoms in total. The fraction of sp³-hybridized carbons (Fsp3) is 0.632. The van der Waals surface area contributed by atoms with Crippen molar-refractivity contribution in [2.75, 3.05) is 40.8 Å². The van der Waals surface area contributed by atoms with Crippen molar-refractivity contribution in [3.8, 4) is 5.75 Å². The predicted octanol–water partition coefficient (Wildman–Crippen LogP) is 2.75. The van der Waals surface area contributed by atoms with Gasteiger partial charge in [0, 0.05) is 19.1 Å².